The number of nitrogen functional groups attached to an aromatic ring is 1. The van der Waals surface area contributed by atoms with Crippen LogP contribution in [0, 0.1) is 10.1 Å². The molecule has 0 saturated heterocycles. The molecule has 0 spiro atoms. The number of amides is 1. The molecule has 0 aliphatic heterocycles. The minimum Gasteiger partial charge on any atom is -0.502 e. The number of hydrogen-bond donors (Lipinski definition) is 3. The van der Waals surface area contributed by atoms with Crippen molar-refractivity contribution in [2.75, 3.05) is 6.61 Å². The fourth-order valence-electron chi connectivity index (χ4n) is 3.39. The topological polar surface area (TPSA) is 184 Å². The van der Waals surface area contributed by atoms with Crippen LogP contribution in [0.3, 0.4) is 0 Å². The second-order valence-corrected chi connectivity index (χ2v) is 7.51. The molecule has 12 heteroatoms. The summed E-state index contributed by atoms with van der Waals surface area (Å²) in [6.07, 6.45) is 4.30. The fraction of sp³-hybridized carbons (Fsp3) is 0.208. The monoisotopic (exact) mass is 497 g/mol. The Morgan fingerprint density at radius 1 is 1.08 bits per heavy atom. The number of hydrogen-bond acceptors (Lipinski definition) is 10. The Morgan fingerprint density at radius 3 is 2.44 bits per heavy atom. The van der Waals surface area contributed by atoms with Gasteiger partial charge in [-0.15, -0.1) is 0 Å². The maximum Gasteiger partial charge on any atom is 0.382 e. The van der Waals surface area contributed by atoms with Crippen LogP contribution in [-0.2, 0) is 4.74 Å². The summed E-state index contributed by atoms with van der Waals surface area (Å²) in [5, 5.41) is 21.1. The Bertz CT molecular complexity index is 1280. The number of ether oxygens (including phenoxy) is 2. The van der Waals surface area contributed by atoms with Crippen LogP contribution in [-0.4, -0.2) is 34.5 Å². The molecule has 3 rings (SSSR count). The lowest BCUT2D eigenvalue weighted by Crippen LogP contribution is -2.32. The van der Waals surface area contributed by atoms with Gasteiger partial charge in [-0.05, 0) is 42.3 Å². The third-order valence-electron chi connectivity index (χ3n) is 5.14. The molecule has 1 aromatic heterocycles. The lowest BCUT2D eigenvalue weighted by molar-refractivity contribution is -0.386. The number of carbonyl (C=O) groups is 3. The van der Waals surface area contributed by atoms with Crippen LogP contribution < -0.4 is 16.0 Å². The van der Waals surface area contributed by atoms with Crippen LogP contribution in [0.15, 0.2) is 53.1 Å². The molecule has 2 aromatic carbocycles. The number of carbonyl (C=O) groups excluding carboxylic acids is 3. The van der Waals surface area contributed by atoms with Crippen LogP contribution >= 0.6 is 0 Å². The van der Waals surface area contributed by atoms with E-state index in [9.17, 15) is 29.6 Å². The van der Waals surface area contributed by atoms with Gasteiger partial charge in [0.1, 0.15) is 11.3 Å². The summed E-state index contributed by atoms with van der Waals surface area (Å²) in [6, 6.07) is 10.1. The van der Waals surface area contributed by atoms with Crippen molar-refractivity contribution < 1.29 is 38.3 Å². The molecule has 0 radical (unpaired) electrons. The molecule has 0 aliphatic rings. The largest absolute Gasteiger partial charge is 0.502 e. The summed E-state index contributed by atoms with van der Waals surface area (Å²) in [5.41, 5.74) is -0.0430. The average Bonchev–Trinajstić information content (AvgIpc) is 3.36. The molecule has 12 nitrogen and oxygen atoms in total. The molecule has 4 N–H and O–H groups in total. The summed E-state index contributed by atoms with van der Waals surface area (Å²) in [4.78, 5) is 47.8. The van der Waals surface area contributed by atoms with Crippen molar-refractivity contribution in [1.82, 2.24) is 5.43 Å². The highest BCUT2D eigenvalue weighted by molar-refractivity contribution is 6.12. The van der Waals surface area contributed by atoms with E-state index in [1.807, 2.05) is 0 Å². The number of nitro groups is 1. The van der Waals surface area contributed by atoms with Crippen molar-refractivity contribution in [1.29, 1.82) is 0 Å². The van der Waals surface area contributed by atoms with E-state index in [-0.39, 0.29) is 5.76 Å². The van der Waals surface area contributed by atoms with Gasteiger partial charge in [0.05, 0.1) is 23.4 Å². The Balaban J connectivity index is 1.82. The number of benzene rings is 2. The third-order valence-corrected chi connectivity index (χ3v) is 5.14. The summed E-state index contributed by atoms with van der Waals surface area (Å²) >= 11 is 0. The van der Waals surface area contributed by atoms with E-state index in [0.29, 0.717) is 23.5 Å². The number of phenolic OH excluding ortho intramolecular Hbond substituents is 1. The minimum absolute atomic E-state index is 0.307. The first-order valence-corrected chi connectivity index (χ1v) is 10.9. The molecule has 0 atom stereocenters. The van der Waals surface area contributed by atoms with Crippen molar-refractivity contribution in [3.63, 3.8) is 0 Å². The number of unbranched alkanes of at least 4 members (excludes halogenated alkanes) is 2. The minimum atomic E-state index is -1.39. The third kappa shape index (κ3) is 5.67. The predicted molar refractivity (Wildman–Crippen MR) is 125 cm³/mol. The number of furan rings is 1. The number of aromatic hydroxyl groups is 1. The maximum absolute atomic E-state index is 12.7. The molecule has 3 aromatic rings. The summed E-state index contributed by atoms with van der Waals surface area (Å²) < 4.78 is 15.7. The molecule has 36 heavy (non-hydrogen) atoms. The molecule has 0 unspecified atom stereocenters. The van der Waals surface area contributed by atoms with Crippen LogP contribution in [0.1, 0.15) is 57.5 Å². The van der Waals surface area contributed by atoms with Gasteiger partial charge >= 0.3 is 17.6 Å². The number of nitro benzene ring substituents is 1. The van der Waals surface area contributed by atoms with Gasteiger partial charge in [-0.3, -0.25) is 20.3 Å². The van der Waals surface area contributed by atoms with Gasteiger partial charge in [-0.25, -0.2) is 15.4 Å². The van der Waals surface area contributed by atoms with E-state index in [4.69, 9.17) is 19.7 Å². The van der Waals surface area contributed by atoms with Gasteiger partial charge in [0.15, 0.2) is 5.75 Å². The van der Waals surface area contributed by atoms with Gasteiger partial charge < -0.3 is 19.0 Å². The lowest BCUT2D eigenvalue weighted by atomic mass is 10.0. The van der Waals surface area contributed by atoms with Crippen LogP contribution in [0.2, 0.25) is 0 Å². The smallest absolute Gasteiger partial charge is 0.382 e. The van der Waals surface area contributed by atoms with Crippen LogP contribution in [0.25, 0.3) is 11.1 Å². The quantitative estimate of drug-likeness (QED) is 0.0709. The SMILES string of the molecule is CCCCCOc1ccc(-c2ccoc2C(=O)OC(=O)c2ccc(O)c([N+](=O)[O-])c2C(=O)NN)cc1. The first-order chi connectivity index (χ1) is 17.3. The molecule has 188 valence electrons. The van der Waals surface area contributed by atoms with E-state index in [1.54, 1.807) is 29.7 Å². The highest BCUT2D eigenvalue weighted by atomic mass is 16.6. The zero-order valence-electron chi connectivity index (χ0n) is 19.2. The van der Waals surface area contributed by atoms with Crippen molar-refractivity contribution in [3.8, 4) is 22.6 Å². The highest BCUT2D eigenvalue weighted by Crippen LogP contribution is 2.33. The number of rotatable bonds is 10. The first kappa shape index (κ1) is 25.9. The van der Waals surface area contributed by atoms with Gasteiger partial charge in [0, 0.05) is 5.56 Å². The first-order valence-electron chi connectivity index (χ1n) is 10.9. The van der Waals surface area contributed by atoms with E-state index in [2.05, 4.69) is 6.92 Å². The second kappa shape index (κ2) is 11.6. The van der Waals surface area contributed by atoms with Gasteiger partial charge in [-0.2, -0.15) is 0 Å². The Kier molecular flexibility index (Phi) is 8.36. The number of esters is 2. The lowest BCUT2D eigenvalue weighted by Gasteiger charge is -2.09. The number of nitrogens with one attached hydrogen (secondary N) is 1. The number of hydrazine groups is 1. The molecule has 0 fully saturated rings. The molecule has 1 heterocycles. The Morgan fingerprint density at radius 2 is 1.81 bits per heavy atom. The maximum atomic E-state index is 12.7. The second-order valence-electron chi connectivity index (χ2n) is 7.51. The highest BCUT2D eigenvalue weighted by Gasteiger charge is 2.33. The number of nitrogens with two attached hydrogens (primary N) is 1. The van der Waals surface area contributed by atoms with Crippen molar-refractivity contribution >= 4 is 23.5 Å². The van der Waals surface area contributed by atoms with Gasteiger partial charge in [0.25, 0.3) is 5.91 Å². The molecule has 0 bridgehead atoms. The summed E-state index contributed by atoms with van der Waals surface area (Å²) in [5.74, 6) is 0.689. The zero-order valence-corrected chi connectivity index (χ0v) is 19.2. The number of nitrogens with zero attached hydrogens (tertiary/aromatic N) is 1. The summed E-state index contributed by atoms with van der Waals surface area (Å²) in [7, 11) is 0. The van der Waals surface area contributed by atoms with Gasteiger partial charge in [-0.1, -0.05) is 31.9 Å². The van der Waals surface area contributed by atoms with Crippen molar-refractivity contribution in [3.05, 3.63) is 75.7 Å². The normalized spacial score (nSPS) is 10.5. The molecular weight excluding hydrogens is 474 g/mol. The summed E-state index contributed by atoms with van der Waals surface area (Å²) in [6.45, 7) is 2.68. The average molecular weight is 497 g/mol. The van der Waals surface area contributed by atoms with E-state index >= 15 is 0 Å². The zero-order chi connectivity index (χ0) is 26.2. The van der Waals surface area contributed by atoms with Crippen LogP contribution in [0.4, 0.5) is 5.69 Å². The van der Waals surface area contributed by atoms with E-state index < -0.39 is 45.3 Å². The molecular formula is C24H23N3O9. The van der Waals surface area contributed by atoms with E-state index in [0.717, 1.165) is 31.4 Å². The van der Waals surface area contributed by atoms with E-state index in [1.165, 1.54) is 12.3 Å². The Labute approximate surface area is 204 Å². The van der Waals surface area contributed by atoms with Crippen molar-refractivity contribution in [2.24, 2.45) is 5.84 Å². The predicted octanol–water partition coefficient (Wildman–Crippen LogP) is 3.73. The molecule has 0 saturated carbocycles. The van der Waals surface area contributed by atoms with Gasteiger partial charge in [0.2, 0.25) is 5.76 Å². The Hall–Kier alpha value is -4.71. The molecule has 0 aliphatic carbocycles. The van der Waals surface area contributed by atoms with Crippen LogP contribution in [0.5, 0.6) is 11.5 Å². The molecule has 1 amide bonds. The number of phenols is 1. The standard InChI is InChI=1S/C24H23N3O9/c1-2-3-4-12-34-15-7-5-14(6-8-15)16-11-13-35-21(16)24(31)36-23(30)17-9-10-18(28)20(27(32)33)19(17)22(29)26-25/h5-11,13,28H,2-4,12,25H2,1H3,(H,26,29). The van der Waals surface area contributed by atoms with Crippen molar-refractivity contribution in [2.45, 2.75) is 26.2 Å². The fourth-order valence-corrected chi connectivity index (χ4v) is 3.39.